The number of hydrogen-bond acceptors (Lipinski definition) is 4. The first-order valence-electron chi connectivity index (χ1n) is 8.57. The van der Waals surface area contributed by atoms with Gasteiger partial charge in [-0.1, -0.05) is 24.3 Å². The van der Waals surface area contributed by atoms with E-state index in [1.54, 1.807) is 54.9 Å². The van der Waals surface area contributed by atoms with Crippen molar-refractivity contribution in [2.75, 3.05) is 11.9 Å². The molecule has 1 aromatic heterocycles. The van der Waals surface area contributed by atoms with E-state index in [0.29, 0.717) is 12.1 Å². The monoisotopic (exact) mass is 379 g/mol. The number of carbonyl (C=O) groups is 2. The van der Waals surface area contributed by atoms with Crippen molar-refractivity contribution in [3.8, 4) is 5.75 Å². The number of halogens is 1. The van der Waals surface area contributed by atoms with E-state index in [0.717, 1.165) is 5.56 Å². The maximum atomic E-state index is 13.6. The number of ether oxygens (including phenoxy) is 1. The van der Waals surface area contributed by atoms with E-state index >= 15 is 0 Å². The van der Waals surface area contributed by atoms with Crippen LogP contribution in [-0.4, -0.2) is 23.4 Å². The van der Waals surface area contributed by atoms with E-state index in [1.165, 1.54) is 18.2 Å². The van der Waals surface area contributed by atoms with E-state index in [4.69, 9.17) is 4.74 Å². The van der Waals surface area contributed by atoms with Crippen LogP contribution < -0.4 is 15.4 Å². The van der Waals surface area contributed by atoms with Crippen LogP contribution in [0.25, 0.3) is 0 Å². The lowest BCUT2D eigenvalue weighted by Crippen LogP contribution is -2.25. The molecule has 0 fully saturated rings. The predicted octanol–water partition coefficient (Wildman–Crippen LogP) is 3.17. The minimum atomic E-state index is -0.535. The van der Waals surface area contributed by atoms with Gasteiger partial charge in [-0.15, -0.1) is 0 Å². The summed E-state index contributed by atoms with van der Waals surface area (Å²) in [6.45, 7) is -0.0214. The van der Waals surface area contributed by atoms with Gasteiger partial charge in [0.1, 0.15) is 11.6 Å². The fraction of sp³-hybridized carbons (Fsp3) is 0.0952. The van der Waals surface area contributed by atoms with Crippen molar-refractivity contribution in [1.29, 1.82) is 0 Å². The first-order valence-corrected chi connectivity index (χ1v) is 8.57. The van der Waals surface area contributed by atoms with Crippen molar-refractivity contribution in [3.05, 3.63) is 90.0 Å². The number of benzene rings is 2. The average Bonchev–Trinajstić information content (AvgIpc) is 2.73. The molecule has 0 saturated heterocycles. The second-order valence-electron chi connectivity index (χ2n) is 5.85. The van der Waals surface area contributed by atoms with Crippen molar-refractivity contribution in [2.24, 2.45) is 0 Å². The standard InChI is InChI=1S/C21H18FN3O3/c22-17-6-2-3-7-18(17)25-20(26)14-28-19-8-4-1-5-16(19)21(27)24-13-15-9-11-23-12-10-15/h1-12H,13-14H2,(H,24,27)(H,25,26). The molecule has 0 aliphatic heterocycles. The van der Waals surface area contributed by atoms with Crippen LogP contribution in [0.15, 0.2) is 73.1 Å². The highest BCUT2D eigenvalue weighted by molar-refractivity contribution is 5.97. The van der Waals surface area contributed by atoms with Gasteiger partial charge in [0.05, 0.1) is 11.3 Å². The zero-order valence-corrected chi connectivity index (χ0v) is 14.9. The van der Waals surface area contributed by atoms with E-state index in [1.807, 2.05) is 0 Å². The van der Waals surface area contributed by atoms with Crippen molar-refractivity contribution in [2.45, 2.75) is 6.54 Å². The van der Waals surface area contributed by atoms with Crippen molar-refractivity contribution >= 4 is 17.5 Å². The number of anilines is 1. The Morgan fingerprint density at radius 3 is 2.46 bits per heavy atom. The van der Waals surface area contributed by atoms with Gasteiger partial charge >= 0.3 is 0 Å². The Hall–Kier alpha value is -3.74. The quantitative estimate of drug-likeness (QED) is 0.661. The molecule has 0 spiro atoms. The normalized spacial score (nSPS) is 10.2. The number of nitrogens with zero attached hydrogens (tertiary/aromatic N) is 1. The van der Waals surface area contributed by atoms with Crippen LogP contribution in [0.2, 0.25) is 0 Å². The molecule has 0 saturated carbocycles. The van der Waals surface area contributed by atoms with E-state index < -0.39 is 11.7 Å². The average molecular weight is 379 g/mol. The molecule has 0 aliphatic carbocycles. The Bertz CT molecular complexity index is 964. The maximum Gasteiger partial charge on any atom is 0.262 e. The van der Waals surface area contributed by atoms with Crippen LogP contribution in [0.1, 0.15) is 15.9 Å². The summed E-state index contributed by atoms with van der Waals surface area (Å²) in [7, 11) is 0. The lowest BCUT2D eigenvalue weighted by molar-refractivity contribution is -0.118. The van der Waals surface area contributed by atoms with Gasteiger partial charge in [-0.3, -0.25) is 14.6 Å². The summed E-state index contributed by atoms with van der Waals surface area (Å²) < 4.78 is 19.1. The molecule has 6 nitrogen and oxygen atoms in total. The molecular formula is C21H18FN3O3. The molecule has 2 aromatic carbocycles. The third kappa shape index (κ3) is 5.14. The van der Waals surface area contributed by atoms with Crippen LogP contribution in [0, 0.1) is 5.82 Å². The highest BCUT2D eigenvalue weighted by atomic mass is 19.1. The first kappa shape index (κ1) is 19.0. The Kier molecular flexibility index (Phi) is 6.30. The van der Waals surface area contributed by atoms with Gasteiger partial charge in [0.15, 0.2) is 6.61 Å². The molecule has 0 atom stereocenters. The summed E-state index contributed by atoms with van der Waals surface area (Å²) >= 11 is 0. The molecule has 7 heteroatoms. The van der Waals surface area contributed by atoms with Crippen molar-refractivity contribution in [3.63, 3.8) is 0 Å². The van der Waals surface area contributed by atoms with Gasteiger partial charge < -0.3 is 15.4 Å². The number of amides is 2. The highest BCUT2D eigenvalue weighted by Crippen LogP contribution is 2.18. The molecule has 3 aromatic rings. The molecule has 2 amide bonds. The van der Waals surface area contributed by atoms with Crippen LogP contribution >= 0.6 is 0 Å². The van der Waals surface area contributed by atoms with Crippen LogP contribution in [0.4, 0.5) is 10.1 Å². The highest BCUT2D eigenvalue weighted by Gasteiger charge is 2.14. The Morgan fingerprint density at radius 1 is 0.964 bits per heavy atom. The molecule has 2 N–H and O–H groups in total. The predicted molar refractivity (Wildman–Crippen MR) is 102 cm³/mol. The number of carbonyl (C=O) groups excluding carboxylic acids is 2. The molecule has 1 heterocycles. The fourth-order valence-corrected chi connectivity index (χ4v) is 2.45. The van der Waals surface area contributed by atoms with Gasteiger partial charge in [-0.2, -0.15) is 0 Å². The molecule has 0 bridgehead atoms. The fourth-order valence-electron chi connectivity index (χ4n) is 2.45. The van der Waals surface area contributed by atoms with Gasteiger partial charge in [0.2, 0.25) is 0 Å². The number of para-hydroxylation sites is 2. The molecule has 0 radical (unpaired) electrons. The summed E-state index contributed by atoms with van der Waals surface area (Å²) in [5, 5.41) is 5.22. The summed E-state index contributed by atoms with van der Waals surface area (Å²) in [4.78, 5) is 28.4. The summed E-state index contributed by atoms with van der Waals surface area (Å²) in [6, 6.07) is 16.0. The molecule has 3 rings (SSSR count). The zero-order valence-electron chi connectivity index (χ0n) is 14.9. The third-order valence-electron chi connectivity index (χ3n) is 3.84. The second kappa shape index (κ2) is 9.27. The first-order chi connectivity index (χ1) is 13.6. The minimum absolute atomic E-state index is 0.0690. The Balaban J connectivity index is 1.59. The van der Waals surface area contributed by atoms with E-state index in [-0.39, 0.29) is 24.0 Å². The zero-order chi connectivity index (χ0) is 19.8. The number of pyridine rings is 1. The topological polar surface area (TPSA) is 80.3 Å². The smallest absolute Gasteiger partial charge is 0.262 e. The van der Waals surface area contributed by atoms with Gasteiger partial charge in [0.25, 0.3) is 11.8 Å². The van der Waals surface area contributed by atoms with Gasteiger partial charge in [0, 0.05) is 18.9 Å². The summed E-state index contributed by atoms with van der Waals surface area (Å²) in [6.07, 6.45) is 3.29. The van der Waals surface area contributed by atoms with E-state index in [2.05, 4.69) is 15.6 Å². The van der Waals surface area contributed by atoms with Gasteiger partial charge in [-0.05, 0) is 42.0 Å². The molecule has 142 valence electrons. The largest absolute Gasteiger partial charge is 0.483 e. The van der Waals surface area contributed by atoms with Crippen molar-refractivity contribution < 1.29 is 18.7 Å². The number of nitrogens with one attached hydrogen (secondary N) is 2. The Labute approximate surface area is 161 Å². The minimum Gasteiger partial charge on any atom is -0.483 e. The SMILES string of the molecule is O=C(COc1ccccc1C(=O)NCc1ccncc1)Nc1ccccc1F. The van der Waals surface area contributed by atoms with Crippen LogP contribution in [0.3, 0.4) is 0 Å². The molecule has 0 unspecified atom stereocenters. The second-order valence-corrected chi connectivity index (χ2v) is 5.85. The summed E-state index contributed by atoms with van der Waals surface area (Å²) in [5.74, 6) is -1.14. The molecule has 0 aliphatic rings. The molecule has 28 heavy (non-hydrogen) atoms. The number of aromatic nitrogens is 1. The number of hydrogen-bond donors (Lipinski definition) is 2. The Morgan fingerprint density at radius 2 is 1.68 bits per heavy atom. The maximum absolute atomic E-state index is 13.6. The number of rotatable bonds is 7. The third-order valence-corrected chi connectivity index (χ3v) is 3.84. The van der Waals surface area contributed by atoms with Crippen LogP contribution in [-0.2, 0) is 11.3 Å². The lowest BCUT2D eigenvalue weighted by Gasteiger charge is -2.12. The van der Waals surface area contributed by atoms with Gasteiger partial charge in [-0.25, -0.2) is 4.39 Å². The lowest BCUT2D eigenvalue weighted by atomic mass is 10.2. The summed E-state index contributed by atoms with van der Waals surface area (Å²) in [5.41, 5.74) is 1.28. The van der Waals surface area contributed by atoms with E-state index in [9.17, 15) is 14.0 Å². The molecular weight excluding hydrogens is 361 g/mol. The van der Waals surface area contributed by atoms with Crippen LogP contribution in [0.5, 0.6) is 5.75 Å². The van der Waals surface area contributed by atoms with Crippen molar-refractivity contribution in [1.82, 2.24) is 10.3 Å².